The standard InChI is InChI=1S/C12H11BrO4/c13-5-4-8-6-17-12-9(8)2-1-3-10(12)16-7-11(14)15/h1-3,6H,4-5,7H2,(H,14,15)/p-1. The summed E-state index contributed by atoms with van der Waals surface area (Å²) in [6.45, 7) is -0.479. The van der Waals surface area contributed by atoms with Crippen LogP contribution in [0.3, 0.4) is 0 Å². The summed E-state index contributed by atoms with van der Waals surface area (Å²) >= 11 is 3.37. The largest absolute Gasteiger partial charge is 0.546 e. The fraction of sp³-hybridized carbons (Fsp3) is 0.250. The lowest BCUT2D eigenvalue weighted by Crippen LogP contribution is -2.28. The van der Waals surface area contributed by atoms with E-state index in [4.69, 9.17) is 9.15 Å². The second-order valence-electron chi connectivity index (χ2n) is 3.49. The predicted molar refractivity (Wildman–Crippen MR) is 64.2 cm³/mol. The number of alkyl halides is 1. The number of rotatable bonds is 5. The molecule has 17 heavy (non-hydrogen) atoms. The second-order valence-corrected chi connectivity index (χ2v) is 4.29. The van der Waals surface area contributed by atoms with Crippen molar-refractivity contribution in [2.24, 2.45) is 0 Å². The lowest BCUT2D eigenvalue weighted by Gasteiger charge is -2.06. The number of carboxylic acids is 1. The maximum Gasteiger partial charge on any atom is 0.175 e. The fourth-order valence-electron chi connectivity index (χ4n) is 1.63. The number of hydrogen-bond acceptors (Lipinski definition) is 4. The molecule has 0 aliphatic heterocycles. The van der Waals surface area contributed by atoms with Gasteiger partial charge in [0.25, 0.3) is 0 Å². The molecule has 0 spiro atoms. The van der Waals surface area contributed by atoms with Crippen LogP contribution in [0.15, 0.2) is 28.9 Å². The third kappa shape index (κ3) is 2.61. The number of para-hydroxylation sites is 1. The van der Waals surface area contributed by atoms with Gasteiger partial charge in [0.05, 0.1) is 12.2 Å². The maximum atomic E-state index is 10.3. The van der Waals surface area contributed by atoms with Crippen LogP contribution in [0.4, 0.5) is 0 Å². The number of benzene rings is 1. The minimum Gasteiger partial charge on any atom is -0.546 e. The van der Waals surface area contributed by atoms with Crippen LogP contribution in [0.5, 0.6) is 5.75 Å². The number of carbonyl (C=O) groups is 1. The number of carboxylic acid groups (broad SMARTS) is 1. The number of fused-ring (bicyclic) bond motifs is 1. The normalized spacial score (nSPS) is 10.6. The first kappa shape index (κ1) is 12.0. The van der Waals surface area contributed by atoms with Gasteiger partial charge in [-0.3, -0.25) is 0 Å². The summed E-state index contributed by atoms with van der Waals surface area (Å²) in [5, 5.41) is 12.1. The van der Waals surface area contributed by atoms with Gasteiger partial charge < -0.3 is 19.1 Å². The van der Waals surface area contributed by atoms with Gasteiger partial charge in [-0.1, -0.05) is 28.1 Å². The molecule has 5 heteroatoms. The SMILES string of the molecule is O=C([O-])COc1cccc2c(CCBr)coc12. The van der Waals surface area contributed by atoms with Gasteiger partial charge in [0.2, 0.25) is 0 Å². The van der Waals surface area contributed by atoms with E-state index in [1.807, 2.05) is 6.07 Å². The Morgan fingerprint density at radius 1 is 1.47 bits per heavy atom. The molecule has 2 rings (SSSR count). The van der Waals surface area contributed by atoms with Crippen LogP contribution in [0.25, 0.3) is 11.0 Å². The molecular weight excluding hydrogens is 288 g/mol. The van der Waals surface area contributed by atoms with Crippen LogP contribution in [0, 0.1) is 0 Å². The van der Waals surface area contributed by atoms with E-state index in [9.17, 15) is 9.90 Å². The highest BCUT2D eigenvalue weighted by molar-refractivity contribution is 9.09. The van der Waals surface area contributed by atoms with Gasteiger partial charge in [-0.25, -0.2) is 0 Å². The first-order valence-electron chi connectivity index (χ1n) is 5.10. The van der Waals surface area contributed by atoms with Crippen molar-refractivity contribution in [1.29, 1.82) is 0 Å². The summed E-state index contributed by atoms with van der Waals surface area (Å²) in [5.74, 6) is -0.832. The molecule has 0 amide bonds. The molecule has 2 aromatic rings. The number of halogens is 1. The Kier molecular flexibility index (Phi) is 3.68. The maximum absolute atomic E-state index is 10.3. The summed E-state index contributed by atoms with van der Waals surface area (Å²) in [7, 11) is 0. The van der Waals surface area contributed by atoms with Gasteiger partial charge in [-0.05, 0) is 18.1 Å². The van der Waals surface area contributed by atoms with Gasteiger partial charge >= 0.3 is 0 Å². The van der Waals surface area contributed by atoms with Gasteiger partial charge in [0, 0.05) is 10.7 Å². The second kappa shape index (κ2) is 5.23. The van der Waals surface area contributed by atoms with Crippen molar-refractivity contribution < 1.29 is 19.1 Å². The van der Waals surface area contributed by atoms with Crippen LogP contribution in [-0.4, -0.2) is 17.9 Å². The minimum absolute atomic E-state index is 0.424. The number of aliphatic carboxylic acids is 1. The predicted octanol–water partition coefficient (Wildman–Crippen LogP) is 1.50. The highest BCUT2D eigenvalue weighted by Gasteiger charge is 2.10. The molecule has 0 aliphatic rings. The first-order valence-corrected chi connectivity index (χ1v) is 6.22. The molecule has 0 saturated heterocycles. The lowest BCUT2D eigenvalue weighted by molar-refractivity contribution is -0.307. The summed E-state index contributed by atoms with van der Waals surface area (Å²) in [5.41, 5.74) is 1.64. The molecule has 0 aliphatic carbocycles. The molecule has 0 bridgehead atoms. The number of hydrogen-bond donors (Lipinski definition) is 0. The molecule has 1 aromatic carbocycles. The van der Waals surface area contributed by atoms with Gasteiger partial charge in [0.15, 0.2) is 11.3 Å². The van der Waals surface area contributed by atoms with Gasteiger partial charge in [0.1, 0.15) is 6.61 Å². The van der Waals surface area contributed by atoms with E-state index in [0.717, 1.165) is 22.7 Å². The summed E-state index contributed by atoms with van der Waals surface area (Å²) < 4.78 is 10.5. The molecule has 0 saturated carbocycles. The average molecular weight is 298 g/mol. The topological polar surface area (TPSA) is 62.5 Å². The zero-order valence-electron chi connectivity index (χ0n) is 8.94. The molecule has 90 valence electrons. The fourth-order valence-corrected chi connectivity index (χ4v) is 2.06. The minimum atomic E-state index is -1.26. The van der Waals surface area contributed by atoms with Crippen LogP contribution in [0.2, 0.25) is 0 Å². The zero-order chi connectivity index (χ0) is 12.3. The molecule has 0 unspecified atom stereocenters. The third-order valence-electron chi connectivity index (χ3n) is 2.35. The molecule has 0 fully saturated rings. The van der Waals surface area contributed by atoms with Crippen molar-refractivity contribution in [3.05, 3.63) is 30.0 Å². The quantitative estimate of drug-likeness (QED) is 0.785. The Hall–Kier alpha value is -1.49. The first-order chi connectivity index (χ1) is 8.22. The molecule has 1 aromatic heterocycles. The van der Waals surface area contributed by atoms with E-state index < -0.39 is 12.6 Å². The van der Waals surface area contributed by atoms with Crippen molar-refractivity contribution in [1.82, 2.24) is 0 Å². The number of furan rings is 1. The van der Waals surface area contributed by atoms with Crippen molar-refractivity contribution >= 4 is 32.9 Å². The van der Waals surface area contributed by atoms with E-state index in [2.05, 4.69) is 15.9 Å². The lowest BCUT2D eigenvalue weighted by atomic mass is 10.1. The molecule has 0 N–H and O–H groups in total. The highest BCUT2D eigenvalue weighted by atomic mass is 79.9. The van der Waals surface area contributed by atoms with Crippen LogP contribution in [-0.2, 0) is 11.2 Å². The van der Waals surface area contributed by atoms with Gasteiger partial charge in [-0.15, -0.1) is 0 Å². The van der Waals surface area contributed by atoms with Crippen molar-refractivity contribution in [3.8, 4) is 5.75 Å². The molecule has 0 atom stereocenters. The Bertz CT molecular complexity index is 532. The smallest absolute Gasteiger partial charge is 0.175 e. The van der Waals surface area contributed by atoms with E-state index in [1.165, 1.54) is 0 Å². The Balaban J connectivity index is 2.34. The van der Waals surface area contributed by atoms with E-state index >= 15 is 0 Å². The van der Waals surface area contributed by atoms with Crippen molar-refractivity contribution in [3.63, 3.8) is 0 Å². The van der Waals surface area contributed by atoms with E-state index in [1.54, 1.807) is 18.4 Å². The van der Waals surface area contributed by atoms with Crippen LogP contribution in [0.1, 0.15) is 5.56 Å². The zero-order valence-corrected chi connectivity index (χ0v) is 10.5. The monoisotopic (exact) mass is 297 g/mol. The Morgan fingerprint density at radius 3 is 3.00 bits per heavy atom. The number of carbonyl (C=O) groups excluding carboxylic acids is 1. The van der Waals surface area contributed by atoms with Crippen LogP contribution >= 0.6 is 15.9 Å². The molecule has 1 heterocycles. The third-order valence-corrected chi connectivity index (χ3v) is 2.75. The van der Waals surface area contributed by atoms with E-state index in [-0.39, 0.29) is 0 Å². The Morgan fingerprint density at radius 2 is 2.29 bits per heavy atom. The van der Waals surface area contributed by atoms with Crippen LogP contribution < -0.4 is 9.84 Å². The average Bonchev–Trinajstić information content (AvgIpc) is 2.71. The van der Waals surface area contributed by atoms with Crippen molar-refractivity contribution in [2.75, 3.05) is 11.9 Å². The van der Waals surface area contributed by atoms with Gasteiger partial charge in [-0.2, -0.15) is 0 Å². The Labute approximate surface area is 106 Å². The summed E-state index contributed by atoms with van der Waals surface area (Å²) in [6.07, 6.45) is 2.51. The summed E-state index contributed by atoms with van der Waals surface area (Å²) in [4.78, 5) is 10.3. The molecule has 0 radical (unpaired) electrons. The van der Waals surface area contributed by atoms with E-state index in [0.29, 0.717) is 11.3 Å². The highest BCUT2D eigenvalue weighted by Crippen LogP contribution is 2.30. The summed E-state index contributed by atoms with van der Waals surface area (Å²) in [6, 6.07) is 5.40. The number of aryl methyl sites for hydroxylation is 1. The molecule has 4 nitrogen and oxygen atoms in total. The molecular formula is C12H10BrO4-. The van der Waals surface area contributed by atoms with Crippen molar-refractivity contribution in [2.45, 2.75) is 6.42 Å². The number of ether oxygens (including phenoxy) is 1.